The van der Waals surface area contributed by atoms with Crippen LogP contribution in [-0.4, -0.2) is 4.87 Å². The maximum atomic E-state index is 12.5. The third kappa shape index (κ3) is 3.96. The summed E-state index contributed by atoms with van der Waals surface area (Å²) in [6, 6.07) is 6.02. The molecule has 0 aromatic heterocycles. The molecule has 0 aliphatic heterocycles. The summed E-state index contributed by atoms with van der Waals surface area (Å²) in [4.78, 5) is -0.533. The second-order valence-corrected chi connectivity index (χ2v) is 4.17. The fraction of sp³-hybridized carbons (Fsp3) is 0.273. The Bertz CT molecular complexity index is 335. The quantitative estimate of drug-likeness (QED) is 0.442. The predicted molar refractivity (Wildman–Crippen MR) is 53.2 cm³/mol. The van der Waals surface area contributed by atoms with E-state index in [0.29, 0.717) is 0 Å². The van der Waals surface area contributed by atoms with Gasteiger partial charge in [0, 0.05) is 5.56 Å². The van der Waals surface area contributed by atoms with Crippen molar-refractivity contribution in [3.8, 4) is 11.8 Å². The van der Waals surface area contributed by atoms with Crippen molar-refractivity contribution in [1.82, 2.24) is 0 Å². The molecule has 0 aliphatic rings. The molecule has 0 aliphatic carbocycles. The van der Waals surface area contributed by atoms with Gasteiger partial charge in [0.15, 0.2) is 0 Å². The van der Waals surface area contributed by atoms with Crippen LogP contribution in [0.15, 0.2) is 24.3 Å². The van der Waals surface area contributed by atoms with Gasteiger partial charge in [0.2, 0.25) is 0 Å². The summed E-state index contributed by atoms with van der Waals surface area (Å²) in [7, 11) is 0. The number of hydrogen-bond acceptors (Lipinski definition) is 0. The van der Waals surface area contributed by atoms with E-state index in [4.69, 9.17) is 11.6 Å². The summed E-state index contributed by atoms with van der Waals surface area (Å²) in [5, 5.41) is 0. The molecule has 1 aromatic rings. The number of hydrogen-bond donors (Lipinski definition) is 0. The predicted octanol–water partition coefficient (Wildman–Crippen LogP) is 3.19. The van der Waals surface area contributed by atoms with E-state index in [9.17, 15) is 4.39 Å². The van der Waals surface area contributed by atoms with Crippen molar-refractivity contribution in [2.24, 2.45) is 0 Å². The van der Waals surface area contributed by atoms with Gasteiger partial charge in [-0.2, -0.15) is 0 Å². The Balaban J connectivity index is 2.85. The third-order valence-electron chi connectivity index (χ3n) is 1.35. The SMILES string of the molecule is CC(C)(Cl)C#Cc1ccc(F)cc1. The molecule has 0 spiro atoms. The second kappa shape index (κ2) is 3.81. The maximum absolute atomic E-state index is 12.5. The highest BCUT2D eigenvalue weighted by molar-refractivity contribution is 6.25. The first kappa shape index (κ1) is 10.1. The Morgan fingerprint density at radius 3 is 2.23 bits per heavy atom. The van der Waals surface area contributed by atoms with Crippen molar-refractivity contribution in [1.29, 1.82) is 0 Å². The molecule has 0 N–H and O–H groups in total. The first-order chi connectivity index (χ1) is 5.97. The van der Waals surface area contributed by atoms with E-state index in [2.05, 4.69) is 11.8 Å². The van der Waals surface area contributed by atoms with Gasteiger partial charge in [0.1, 0.15) is 5.82 Å². The van der Waals surface area contributed by atoms with Crippen molar-refractivity contribution < 1.29 is 4.39 Å². The monoisotopic (exact) mass is 196 g/mol. The van der Waals surface area contributed by atoms with Crippen LogP contribution < -0.4 is 0 Å². The van der Waals surface area contributed by atoms with Crippen molar-refractivity contribution in [3.63, 3.8) is 0 Å². The molecule has 0 radical (unpaired) electrons. The molecular formula is C11H10ClF. The fourth-order valence-corrected chi connectivity index (χ4v) is 0.801. The topological polar surface area (TPSA) is 0 Å². The van der Waals surface area contributed by atoms with Gasteiger partial charge in [-0.1, -0.05) is 11.8 Å². The number of halogens is 2. The Morgan fingerprint density at radius 1 is 1.23 bits per heavy atom. The Labute approximate surface area is 82.7 Å². The van der Waals surface area contributed by atoms with E-state index >= 15 is 0 Å². The van der Waals surface area contributed by atoms with E-state index < -0.39 is 4.87 Å². The van der Waals surface area contributed by atoms with Crippen LogP contribution in [0.1, 0.15) is 19.4 Å². The molecular weight excluding hydrogens is 187 g/mol. The summed E-state index contributed by atoms with van der Waals surface area (Å²) >= 11 is 5.87. The van der Waals surface area contributed by atoms with E-state index in [1.165, 1.54) is 12.1 Å². The Kier molecular flexibility index (Phi) is 2.95. The van der Waals surface area contributed by atoms with Crippen LogP contribution in [0.25, 0.3) is 0 Å². The maximum Gasteiger partial charge on any atom is 0.123 e. The third-order valence-corrected chi connectivity index (χ3v) is 1.44. The van der Waals surface area contributed by atoms with Crippen LogP contribution >= 0.6 is 11.6 Å². The zero-order valence-corrected chi connectivity index (χ0v) is 8.32. The van der Waals surface area contributed by atoms with E-state index in [1.807, 2.05) is 13.8 Å². The second-order valence-electron chi connectivity index (χ2n) is 3.23. The van der Waals surface area contributed by atoms with Gasteiger partial charge in [0.25, 0.3) is 0 Å². The van der Waals surface area contributed by atoms with Gasteiger partial charge in [-0.05, 0) is 38.1 Å². The average Bonchev–Trinajstić information content (AvgIpc) is 2.02. The molecule has 1 aromatic carbocycles. The van der Waals surface area contributed by atoms with Crippen LogP contribution in [0.4, 0.5) is 4.39 Å². The molecule has 0 nitrogen and oxygen atoms in total. The van der Waals surface area contributed by atoms with Gasteiger partial charge < -0.3 is 0 Å². The van der Waals surface area contributed by atoms with Crippen molar-refractivity contribution in [2.75, 3.05) is 0 Å². The summed E-state index contributed by atoms with van der Waals surface area (Å²) in [5.74, 6) is 5.46. The normalized spacial score (nSPS) is 10.5. The highest BCUT2D eigenvalue weighted by Gasteiger charge is 2.06. The largest absolute Gasteiger partial charge is 0.207 e. The lowest BCUT2D eigenvalue weighted by atomic mass is 10.1. The minimum absolute atomic E-state index is 0.254. The molecule has 0 heterocycles. The average molecular weight is 197 g/mol. The van der Waals surface area contributed by atoms with Crippen LogP contribution in [-0.2, 0) is 0 Å². The lowest BCUT2D eigenvalue weighted by molar-refractivity contribution is 0.627. The molecule has 13 heavy (non-hydrogen) atoms. The lowest BCUT2D eigenvalue weighted by Gasteiger charge is -2.03. The van der Waals surface area contributed by atoms with E-state index in [1.54, 1.807) is 12.1 Å². The van der Waals surface area contributed by atoms with Gasteiger partial charge in [-0.15, -0.1) is 11.6 Å². The molecule has 68 valence electrons. The summed E-state index contributed by atoms with van der Waals surface area (Å²) < 4.78 is 12.5. The summed E-state index contributed by atoms with van der Waals surface area (Å²) in [5.41, 5.74) is 0.773. The zero-order chi connectivity index (χ0) is 9.90. The van der Waals surface area contributed by atoms with Gasteiger partial charge in [-0.25, -0.2) is 4.39 Å². The highest BCUT2D eigenvalue weighted by atomic mass is 35.5. The number of rotatable bonds is 0. The molecule has 0 amide bonds. The number of alkyl halides is 1. The van der Waals surface area contributed by atoms with Gasteiger partial charge in [-0.3, -0.25) is 0 Å². The molecule has 0 saturated carbocycles. The molecule has 0 saturated heterocycles. The van der Waals surface area contributed by atoms with Gasteiger partial charge in [0.05, 0.1) is 4.87 Å². The van der Waals surface area contributed by atoms with Crippen molar-refractivity contribution in [3.05, 3.63) is 35.6 Å². The number of benzene rings is 1. The smallest absolute Gasteiger partial charge is 0.123 e. The van der Waals surface area contributed by atoms with Crippen LogP contribution in [0.2, 0.25) is 0 Å². The Hall–Kier alpha value is -1.00. The first-order valence-corrected chi connectivity index (χ1v) is 4.33. The minimum Gasteiger partial charge on any atom is -0.207 e. The minimum atomic E-state index is -0.533. The van der Waals surface area contributed by atoms with Crippen molar-refractivity contribution in [2.45, 2.75) is 18.7 Å². The van der Waals surface area contributed by atoms with Crippen LogP contribution in [0.5, 0.6) is 0 Å². The van der Waals surface area contributed by atoms with E-state index in [-0.39, 0.29) is 5.82 Å². The van der Waals surface area contributed by atoms with Crippen molar-refractivity contribution >= 4 is 11.6 Å². The van der Waals surface area contributed by atoms with Crippen LogP contribution in [0, 0.1) is 17.7 Å². The molecule has 1 rings (SSSR count). The summed E-state index contributed by atoms with van der Waals surface area (Å²) in [6.45, 7) is 3.62. The molecule has 0 bridgehead atoms. The highest BCUT2D eigenvalue weighted by Crippen LogP contribution is 2.10. The molecule has 0 fully saturated rings. The lowest BCUT2D eigenvalue weighted by Crippen LogP contribution is -2.04. The fourth-order valence-electron chi connectivity index (χ4n) is 0.754. The van der Waals surface area contributed by atoms with Gasteiger partial charge >= 0.3 is 0 Å². The first-order valence-electron chi connectivity index (χ1n) is 3.95. The summed E-state index contributed by atoms with van der Waals surface area (Å²) in [6.07, 6.45) is 0. The van der Waals surface area contributed by atoms with E-state index in [0.717, 1.165) is 5.56 Å². The molecule has 2 heteroatoms. The van der Waals surface area contributed by atoms with Crippen LogP contribution in [0.3, 0.4) is 0 Å². The Morgan fingerprint density at radius 2 is 1.77 bits per heavy atom. The standard InChI is InChI=1S/C11H10ClF/c1-11(2,12)8-7-9-3-5-10(13)6-4-9/h3-6H,1-2H3. The molecule has 0 unspecified atom stereocenters. The molecule has 0 atom stereocenters. The zero-order valence-electron chi connectivity index (χ0n) is 7.57.